The monoisotopic (exact) mass is 265 g/mol. The van der Waals surface area contributed by atoms with Crippen LogP contribution in [0.2, 0.25) is 5.02 Å². The van der Waals surface area contributed by atoms with E-state index in [1.807, 2.05) is 6.92 Å². The molecule has 2 aromatic rings. The molecule has 2 rings (SSSR count). The van der Waals surface area contributed by atoms with Crippen molar-refractivity contribution in [2.24, 2.45) is 0 Å². The molecule has 0 amide bonds. The van der Waals surface area contributed by atoms with Crippen LogP contribution < -0.4 is 10.5 Å². The van der Waals surface area contributed by atoms with Gasteiger partial charge in [0.25, 0.3) is 0 Å². The predicted octanol–water partition coefficient (Wildman–Crippen LogP) is 3.95. The van der Waals surface area contributed by atoms with E-state index in [0.29, 0.717) is 23.1 Å². The Balaban J connectivity index is 2.09. The number of anilines is 1. The molecule has 4 heteroatoms. The Hall–Kier alpha value is -1.74. The summed E-state index contributed by atoms with van der Waals surface area (Å²) in [5.41, 5.74) is 7.92. The van der Waals surface area contributed by atoms with Gasteiger partial charge in [0.2, 0.25) is 0 Å². The first-order chi connectivity index (χ1) is 8.56. The van der Waals surface area contributed by atoms with Crippen molar-refractivity contribution in [2.75, 3.05) is 5.73 Å². The highest BCUT2D eigenvalue weighted by Gasteiger charge is 2.03. The van der Waals surface area contributed by atoms with Gasteiger partial charge >= 0.3 is 0 Å². The van der Waals surface area contributed by atoms with Crippen LogP contribution >= 0.6 is 11.6 Å². The minimum Gasteiger partial charge on any atom is -0.489 e. The van der Waals surface area contributed by atoms with E-state index in [1.54, 1.807) is 24.3 Å². The summed E-state index contributed by atoms with van der Waals surface area (Å²) in [7, 11) is 0. The zero-order chi connectivity index (χ0) is 13.1. The van der Waals surface area contributed by atoms with Crippen molar-refractivity contribution in [1.29, 1.82) is 0 Å². The first-order valence-electron chi connectivity index (χ1n) is 5.49. The summed E-state index contributed by atoms with van der Waals surface area (Å²) < 4.78 is 18.5. The molecule has 2 aromatic carbocycles. The Labute approximate surface area is 110 Å². The summed E-state index contributed by atoms with van der Waals surface area (Å²) in [6.45, 7) is 2.21. The molecule has 2 N–H and O–H groups in total. The minimum absolute atomic E-state index is 0.244. The highest BCUT2D eigenvalue weighted by atomic mass is 35.5. The topological polar surface area (TPSA) is 35.2 Å². The number of aryl methyl sites for hydroxylation is 1. The standard InChI is InChI=1S/C14H13ClFNO/c1-9-6-11(16)3-2-10(9)8-18-12-4-5-14(17)13(15)7-12/h2-7H,8,17H2,1H3. The second-order valence-corrected chi connectivity index (χ2v) is 4.45. The molecular formula is C14H13ClFNO. The fourth-order valence-electron chi connectivity index (χ4n) is 1.58. The van der Waals surface area contributed by atoms with Crippen molar-refractivity contribution in [3.05, 3.63) is 58.4 Å². The molecular weight excluding hydrogens is 253 g/mol. The van der Waals surface area contributed by atoms with E-state index in [9.17, 15) is 4.39 Å². The maximum absolute atomic E-state index is 12.9. The van der Waals surface area contributed by atoms with E-state index < -0.39 is 0 Å². The number of nitrogens with two attached hydrogens (primary N) is 1. The first kappa shape index (κ1) is 12.7. The van der Waals surface area contributed by atoms with E-state index in [4.69, 9.17) is 22.1 Å². The van der Waals surface area contributed by atoms with Gasteiger partial charge in [0.15, 0.2) is 0 Å². The molecule has 0 aliphatic heterocycles. The molecule has 0 bridgehead atoms. The third-order valence-corrected chi connectivity index (χ3v) is 3.00. The Kier molecular flexibility index (Phi) is 3.72. The summed E-state index contributed by atoms with van der Waals surface area (Å²) in [4.78, 5) is 0. The molecule has 0 fully saturated rings. The molecule has 0 saturated heterocycles. The third kappa shape index (κ3) is 2.93. The second-order valence-electron chi connectivity index (χ2n) is 4.04. The lowest BCUT2D eigenvalue weighted by atomic mass is 10.1. The van der Waals surface area contributed by atoms with Gasteiger partial charge in [0.1, 0.15) is 18.2 Å². The summed E-state index contributed by atoms with van der Waals surface area (Å²) >= 11 is 5.89. The van der Waals surface area contributed by atoms with Gasteiger partial charge in [-0.3, -0.25) is 0 Å². The quantitative estimate of drug-likeness (QED) is 0.853. The van der Waals surface area contributed by atoms with Gasteiger partial charge in [-0.1, -0.05) is 17.7 Å². The van der Waals surface area contributed by atoms with Crippen LogP contribution in [0.5, 0.6) is 5.75 Å². The summed E-state index contributed by atoms with van der Waals surface area (Å²) in [6, 6.07) is 9.71. The number of ether oxygens (including phenoxy) is 1. The third-order valence-electron chi connectivity index (χ3n) is 2.67. The summed E-state index contributed by atoms with van der Waals surface area (Å²) in [5, 5.41) is 0.461. The van der Waals surface area contributed by atoms with Gasteiger partial charge in [0, 0.05) is 6.07 Å². The highest BCUT2D eigenvalue weighted by Crippen LogP contribution is 2.25. The number of benzene rings is 2. The van der Waals surface area contributed by atoms with Gasteiger partial charge in [-0.15, -0.1) is 0 Å². The lowest BCUT2D eigenvalue weighted by molar-refractivity contribution is 0.305. The fraction of sp³-hybridized carbons (Fsp3) is 0.143. The zero-order valence-corrected chi connectivity index (χ0v) is 10.7. The van der Waals surface area contributed by atoms with Crippen molar-refractivity contribution in [3.63, 3.8) is 0 Å². The van der Waals surface area contributed by atoms with Gasteiger partial charge in [-0.05, 0) is 42.3 Å². The van der Waals surface area contributed by atoms with Crippen molar-refractivity contribution in [2.45, 2.75) is 13.5 Å². The first-order valence-corrected chi connectivity index (χ1v) is 5.87. The number of rotatable bonds is 3. The average Bonchev–Trinajstić information content (AvgIpc) is 2.32. The average molecular weight is 266 g/mol. The van der Waals surface area contributed by atoms with Crippen LogP contribution in [-0.4, -0.2) is 0 Å². The van der Waals surface area contributed by atoms with E-state index in [-0.39, 0.29) is 5.82 Å². The van der Waals surface area contributed by atoms with Gasteiger partial charge in [-0.25, -0.2) is 4.39 Å². The van der Waals surface area contributed by atoms with Crippen LogP contribution in [0.1, 0.15) is 11.1 Å². The number of halogens is 2. The highest BCUT2D eigenvalue weighted by molar-refractivity contribution is 6.33. The molecule has 0 aliphatic carbocycles. The van der Waals surface area contributed by atoms with Crippen molar-refractivity contribution >= 4 is 17.3 Å². The van der Waals surface area contributed by atoms with Crippen LogP contribution in [0.15, 0.2) is 36.4 Å². The van der Waals surface area contributed by atoms with Crippen molar-refractivity contribution < 1.29 is 9.13 Å². The lowest BCUT2D eigenvalue weighted by Gasteiger charge is -2.09. The summed E-state index contributed by atoms with van der Waals surface area (Å²) in [5.74, 6) is 0.393. The molecule has 0 atom stereocenters. The molecule has 0 unspecified atom stereocenters. The van der Waals surface area contributed by atoms with Crippen LogP contribution in [-0.2, 0) is 6.61 Å². The Bertz CT molecular complexity index is 572. The van der Waals surface area contributed by atoms with Crippen LogP contribution in [0, 0.1) is 12.7 Å². The van der Waals surface area contributed by atoms with E-state index >= 15 is 0 Å². The van der Waals surface area contributed by atoms with Crippen LogP contribution in [0.25, 0.3) is 0 Å². The molecule has 0 aromatic heterocycles. The molecule has 18 heavy (non-hydrogen) atoms. The maximum Gasteiger partial charge on any atom is 0.123 e. The van der Waals surface area contributed by atoms with E-state index in [0.717, 1.165) is 11.1 Å². The molecule has 0 aliphatic rings. The Morgan fingerprint density at radius 3 is 2.67 bits per heavy atom. The van der Waals surface area contributed by atoms with Crippen molar-refractivity contribution in [1.82, 2.24) is 0 Å². The maximum atomic E-state index is 12.9. The normalized spacial score (nSPS) is 10.4. The molecule has 0 radical (unpaired) electrons. The fourth-order valence-corrected chi connectivity index (χ4v) is 1.75. The van der Waals surface area contributed by atoms with E-state index in [2.05, 4.69) is 0 Å². The minimum atomic E-state index is -0.244. The SMILES string of the molecule is Cc1cc(F)ccc1COc1ccc(N)c(Cl)c1. The van der Waals surface area contributed by atoms with Crippen LogP contribution in [0.4, 0.5) is 10.1 Å². The van der Waals surface area contributed by atoms with Crippen molar-refractivity contribution in [3.8, 4) is 5.75 Å². The summed E-state index contributed by atoms with van der Waals surface area (Å²) in [6.07, 6.45) is 0. The molecule has 94 valence electrons. The Morgan fingerprint density at radius 2 is 2.00 bits per heavy atom. The van der Waals surface area contributed by atoms with E-state index in [1.165, 1.54) is 12.1 Å². The zero-order valence-electron chi connectivity index (χ0n) is 9.91. The molecule has 0 saturated carbocycles. The van der Waals surface area contributed by atoms with Gasteiger partial charge in [-0.2, -0.15) is 0 Å². The largest absolute Gasteiger partial charge is 0.489 e. The number of hydrogen-bond acceptors (Lipinski definition) is 2. The number of nitrogen functional groups attached to an aromatic ring is 1. The molecule has 2 nitrogen and oxygen atoms in total. The lowest BCUT2D eigenvalue weighted by Crippen LogP contribution is -1.98. The predicted molar refractivity (Wildman–Crippen MR) is 71.3 cm³/mol. The molecule has 0 spiro atoms. The number of hydrogen-bond donors (Lipinski definition) is 1. The van der Waals surface area contributed by atoms with Gasteiger partial charge < -0.3 is 10.5 Å². The molecule has 0 heterocycles. The smallest absolute Gasteiger partial charge is 0.123 e. The van der Waals surface area contributed by atoms with Crippen LogP contribution in [0.3, 0.4) is 0 Å². The second kappa shape index (κ2) is 5.27. The van der Waals surface area contributed by atoms with Gasteiger partial charge in [0.05, 0.1) is 10.7 Å². The Morgan fingerprint density at radius 1 is 1.22 bits per heavy atom.